The topological polar surface area (TPSA) is 107 Å². The van der Waals surface area contributed by atoms with Crippen molar-refractivity contribution in [2.45, 2.75) is 13.5 Å². The molecule has 0 aliphatic rings. The van der Waals surface area contributed by atoms with Crippen molar-refractivity contribution in [3.05, 3.63) is 81.1 Å². The number of rotatable bonds is 10. The lowest BCUT2D eigenvalue weighted by molar-refractivity contribution is -0.384. The molecule has 0 spiro atoms. The monoisotopic (exact) mass is 443 g/mol. The highest BCUT2D eigenvalue weighted by atomic mass is 35.5. The molecule has 0 saturated heterocycles. The molecule has 8 nitrogen and oxygen atoms in total. The van der Waals surface area contributed by atoms with Gasteiger partial charge >= 0.3 is 5.97 Å². The highest BCUT2D eigenvalue weighted by Gasteiger charge is 2.10. The Kier molecular flexibility index (Phi) is 7.64. The SMILES string of the molecule is CCOC(=O)c1ccc(-c2ccc(CNCCNc3ccc([N+](=O)[O-])cc3Cl)o2)cc1. The Balaban J connectivity index is 1.45. The van der Waals surface area contributed by atoms with Crippen LogP contribution in [-0.2, 0) is 11.3 Å². The van der Waals surface area contributed by atoms with Crippen molar-refractivity contribution >= 4 is 28.9 Å². The van der Waals surface area contributed by atoms with Crippen molar-refractivity contribution < 1.29 is 18.9 Å². The minimum Gasteiger partial charge on any atom is -0.462 e. The summed E-state index contributed by atoms with van der Waals surface area (Å²) in [6.45, 7) is 3.87. The summed E-state index contributed by atoms with van der Waals surface area (Å²) in [5, 5.41) is 17.4. The van der Waals surface area contributed by atoms with E-state index in [1.54, 1.807) is 25.1 Å². The highest BCUT2D eigenvalue weighted by Crippen LogP contribution is 2.26. The van der Waals surface area contributed by atoms with Crippen LogP contribution in [0, 0.1) is 10.1 Å². The van der Waals surface area contributed by atoms with Gasteiger partial charge in [-0.15, -0.1) is 0 Å². The average Bonchev–Trinajstić information content (AvgIpc) is 3.23. The lowest BCUT2D eigenvalue weighted by Gasteiger charge is -2.08. The molecule has 1 aromatic heterocycles. The Morgan fingerprint density at radius 1 is 1.13 bits per heavy atom. The van der Waals surface area contributed by atoms with Crippen molar-refractivity contribution in [1.29, 1.82) is 0 Å². The number of hydrogen-bond acceptors (Lipinski definition) is 7. The number of carbonyl (C=O) groups is 1. The fourth-order valence-electron chi connectivity index (χ4n) is 2.87. The summed E-state index contributed by atoms with van der Waals surface area (Å²) < 4.78 is 10.8. The normalized spacial score (nSPS) is 10.6. The molecule has 0 atom stereocenters. The van der Waals surface area contributed by atoms with Crippen LogP contribution in [0.4, 0.5) is 11.4 Å². The van der Waals surface area contributed by atoms with E-state index >= 15 is 0 Å². The predicted molar refractivity (Wildman–Crippen MR) is 118 cm³/mol. The Labute approximate surface area is 184 Å². The molecule has 31 heavy (non-hydrogen) atoms. The van der Waals surface area contributed by atoms with Gasteiger partial charge in [-0.05, 0) is 37.3 Å². The van der Waals surface area contributed by atoms with Crippen molar-refractivity contribution in [2.75, 3.05) is 25.0 Å². The van der Waals surface area contributed by atoms with Gasteiger partial charge in [0.25, 0.3) is 5.69 Å². The Morgan fingerprint density at radius 3 is 2.58 bits per heavy atom. The van der Waals surface area contributed by atoms with Gasteiger partial charge in [0.15, 0.2) is 0 Å². The Morgan fingerprint density at radius 2 is 1.90 bits per heavy atom. The number of esters is 1. The third-order valence-corrected chi connectivity index (χ3v) is 4.73. The third-order valence-electron chi connectivity index (χ3n) is 4.42. The van der Waals surface area contributed by atoms with E-state index in [0.717, 1.165) is 11.3 Å². The minimum absolute atomic E-state index is 0.0437. The molecule has 2 aromatic carbocycles. The van der Waals surface area contributed by atoms with Gasteiger partial charge in [0.05, 0.1) is 34.3 Å². The van der Waals surface area contributed by atoms with Gasteiger partial charge in [-0.3, -0.25) is 10.1 Å². The number of furan rings is 1. The summed E-state index contributed by atoms with van der Waals surface area (Å²) in [5.74, 6) is 1.14. The van der Waals surface area contributed by atoms with E-state index in [1.165, 1.54) is 12.1 Å². The number of nitro groups is 1. The van der Waals surface area contributed by atoms with E-state index in [9.17, 15) is 14.9 Å². The molecule has 0 aliphatic heterocycles. The summed E-state index contributed by atoms with van der Waals surface area (Å²) >= 11 is 6.06. The largest absolute Gasteiger partial charge is 0.462 e. The first kappa shape index (κ1) is 22.3. The van der Waals surface area contributed by atoms with E-state index in [0.29, 0.717) is 48.3 Å². The number of nitro benzene ring substituents is 1. The number of anilines is 1. The zero-order valence-corrected chi connectivity index (χ0v) is 17.6. The van der Waals surface area contributed by atoms with Crippen molar-refractivity contribution in [2.24, 2.45) is 0 Å². The molecule has 162 valence electrons. The summed E-state index contributed by atoms with van der Waals surface area (Å²) in [4.78, 5) is 22.0. The first-order valence-electron chi connectivity index (χ1n) is 9.72. The maximum atomic E-state index is 11.7. The average molecular weight is 444 g/mol. The van der Waals surface area contributed by atoms with Gasteiger partial charge in [-0.1, -0.05) is 23.7 Å². The fourth-order valence-corrected chi connectivity index (χ4v) is 3.11. The molecule has 2 N–H and O–H groups in total. The van der Waals surface area contributed by atoms with Gasteiger partial charge in [0.2, 0.25) is 0 Å². The molecule has 0 fully saturated rings. The molecule has 3 rings (SSSR count). The van der Waals surface area contributed by atoms with E-state index in [1.807, 2.05) is 24.3 Å². The van der Waals surface area contributed by atoms with E-state index < -0.39 is 4.92 Å². The van der Waals surface area contributed by atoms with Crippen LogP contribution < -0.4 is 10.6 Å². The predicted octanol–water partition coefficient (Wildman–Crippen LogP) is 4.89. The zero-order chi connectivity index (χ0) is 22.2. The third kappa shape index (κ3) is 6.07. The maximum absolute atomic E-state index is 11.7. The molecule has 0 saturated carbocycles. The van der Waals surface area contributed by atoms with Gasteiger partial charge in [0.1, 0.15) is 11.5 Å². The molecular formula is C22H22ClN3O5. The molecule has 1 heterocycles. The standard InChI is InChI=1S/C22H22ClN3O5/c1-2-30-22(27)16-5-3-15(4-6-16)21-10-8-18(31-21)14-24-11-12-25-20-9-7-17(26(28)29)13-19(20)23/h3-10,13,24-25H,2,11-12,14H2,1H3. The summed E-state index contributed by atoms with van der Waals surface area (Å²) in [6.07, 6.45) is 0. The van der Waals surface area contributed by atoms with Crippen LogP contribution in [0.3, 0.4) is 0 Å². The maximum Gasteiger partial charge on any atom is 0.338 e. The lowest BCUT2D eigenvalue weighted by atomic mass is 10.1. The number of carbonyl (C=O) groups excluding carboxylic acids is 1. The Hall–Kier alpha value is -3.36. The van der Waals surface area contributed by atoms with E-state index in [4.69, 9.17) is 20.8 Å². The molecular weight excluding hydrogens is 422 g/mol. The molecule has 9 heteroatoms. The summed E-state index contributed by atoms with van der Waals surface area (Å²) in [7, 11) is 0. The molecule has 0 bridgehead atoms. The summed E-state index contributed by atoms with van der Waals surface area (Å²) in [6, 6.07) is 15.2. The number of hydrogen-bond donors (Lipinski definition) is 2. The van der Waals surface area contributed by atoms with Crippen LogP contribution in [0.1, 0.15) is 23.0 Å². The van der Waals surface area contributed by atoms with Gasteiger partial charge in [-0.2, -0.15) is 0 Å². The van der Waals surface area contributed by atoms with Crippen LogP contribution >= 0.6 is 11.6 Å². The second-order valence-corrected chi connectivity index (χ2v) is 7.00. The number of nitrogens with one attached hydrogen (secondary N) is 2. The first-order valence-corrected chi connectivity index (χ1v) is 10.1. The Bertz CT molecular complexity index is 1050. The van der Waals surface area contributed by atoms with E-state index in [2.05, 4.69) is 10.6 Å². The second-order valence-electron chi connectivity index (χ2n) is 6.59. The molecule has 3 aromatic rings. The van der Waals surface area contributed by atoms with Crippen LogP contribution in [0.5, 0.6) is 0 Å². The molecule has 0 aliphatic carbocycles. The lowest BCUT2D eigenvalue weighted by Crippen LogP contribution is -2.21. The van der Waals surface area contributed by atoms with Crippen LogP contribution in [0.25, 0.3) is 11.3 Å². The second kappa shape index (κ2) is 10.6. The summed E-state index contributed by atoms with van der Waals surface area (Å²) in [5.41, 5.74) is 1.96. The molecule has 0 unspecified atom stereocenters. The molecule has 0 amide bonds. The van der Waals surface area contributed by atoms with Gasteiger partial charge in [0, 0.05) is 30.8 Å². The fraction of sp³-hybridized carbons (Fsp3) is 0.227. The smallest absolute Gasteiger partial charge is 0.338 e. The first-order chi connectivity index (χ1) is 15.0. The zero-order valence-electron chi connectivity index (χ0n) is 16.9. The number of benzene rings is 2. The molecule has 0 radical (unpaired) electrons. The minimum atomic E-state index is -0.483. The number of non-ortho nitro benzene ring substituents is 1. The quantitative estimate of drug-likeness (QED) is 0.199. The van der Waals surface area contributed by atoms with Crippen LogP contribution in [-0.4, -0.2) is 30.6 Å². The number of halogens is 1. The van der Waals surface area contributed by atoms with Crippen LogP contribution in [0.15, 0.2) is 59.0 Å². The van der Waals surface area contributed by atoms with Crippen molar-refractivity contribution in [3.8, 4) is 11.3 Å². The highest BCUT2D eigenvalue weighted by molar-refractivity contribution is 6.33. The van der Waals surface area contributed by atoms with Gasteiger partial charge < -0.3 is 19.8 Å². The number of ether oxygens (including phenoxy) is 1. The van der Waals surface area contributed by atoms with Crippen LogP contribution in [0.2, 0.25) is 5.02 Å². The van der Waals surface area contributed by atoms with Crippen molar-refractivity contribution in [3.63, 3.8) is 0 Å². The number of nitrogens with zero attached hydrogens (tertiary/aromatic N) is 1. The van der Waals surface area contributed by atoms with Gasteiger partial charge in [-0.25, -0.2) is 4.79 Å². The van der Waals surface area contributed by atoms with E-state index in [-0.39, 0.29) is 11.7 Å². The van der Waals surface area contributed by atoms with Crippen molar-refractivity contribution in [1.82, 2.24) is 5.32 Å².